The van der Waals surface area contributed by atoms with Gasteiger partial charge in [-0.3, -0.25) is 10.1 Å². The van der Waals surface area contributed by atoms with Gasteiger partial charge in [-0.2, -0.15) is 5.26 Å². The number of esters is 1. The van der Waals surface area contributed by atoms with Crippen LogP contribution in [0.4, 0.5) is 0 Å². The second-order valence-electron chi connectivity index (χ2n) is 8.44. The summed E-state index contributed by atoms with van der Waals surface area (Å²) in [6, 6.07) is 2.35. The molecule has 2 aliphatic carbocycles. The van der Waals surface area contributed by atoms with Crippen LogP contribution in [0.3, 0.4) is 0 Å². The summed E-state index contributed by atoms with van der Waals surface area (Å²) < 4.78 is 11.7. The molecule has 1 N–H and O–H groups in total. The quantitative estimate of drug-likeness (QED) is 0.518. The average molecular weight is 431 g/mol. The van der Waals surface area contributed by atoms with Crippen molar-refractivity contribution in [2.45, 2.75) is 93.8 Å². The molecular weight excluding hydrogens is 399 g/mol. The van der Waals surface area contributed by atoms with E-state index in [4.69, 9.17) is 32.7 Å². The number of halogens is 2. The molecule has 0 bridgehead atoms. The van der Waals surface area contributed by atoms with Crippen LogP contribution in [0.5, 0.6) is 0 Å². The lowest BCUT2D eigenvalue weighted by Crippen LogP contribution is -2.59. The minimum atomic E-state index is -0.402. The molecule has 0 aromatic heterocycles. The molecule has 7 atom stereocenters. The van der Waals surface area contributed by atoms with Gasteiger partial charge in [-0.15, -0.1) is 23.2 Å². The lowest BCUT2D eigenvalue weighted by Gasteiger charge is -2.45. The molecule has 0 radical (unpaired) electrons. The number of nitriles is 1. The number of carbonyl (C=O) groups excluding carboxylic acids is 1. The zero-order chi connectivity index (χ0) is 20.1. The van der Waals surface area contributed by atoms with Gasteiger partial charge in [-0.05, 0) is 51.4 Å². The molecular formula is C21H32Cl2N2O3. The van der Waals surface area contributed by atoms with Gasteiger partial charge in [0.25, 0.3) is 0 Å². The summed E-state index contributed by atoms with van der Waals surface area (Å²) in [5, 5.41) is 13.3. The van der Waals surface area contributed by atoms with Gasteiger partial charge in [0.1, 0.15) is 6.23 Å². The summed E-state index contributed by atoms with van der Waals surface area (Å²) in [5.74, 6) is -0.466. The van der Waals surface area contributed by atoms with E-state index in [2.05, 4.69) is 11.4 Å². The highest BCUT2D eigenvalue weighted by Gasteiger charge is 2.46. The van der Waals surface area contributed by atoms with Crippen LogP contribution in [0, 0.1) is 29.1 Å². The van der Waals surface area contributed by atoms with Crippen molar-refractivity contribution in [1.82, 2.24) is 5.32 Å². The van der Waals surface area contributed by atoms with Gasteiger partial charge in [0.2, 0.25) is 0 Å². The van der Waals surface area contributed by atoms with Gasteiger partial charge in [0.05, 0.1) is 36.0 Å². The first-order valence-electron chi connectivity index (χ1n) is 10.8. The molecule has 7 unspecified atom stereocenters. The molecule has 1 heterocycles. The van der Waals surface area contributed by atoms with Crippen LogP contribution in [0.15, 0.2) is 0 Å². The third kappa shape index (κ3) is 5.33. The van der Waals surface area contributed by atoms with Crippen molar-refractivity contribution >= 4 is 29.2 Å². The molecule has 0 aromatic rings. The molecule has 0 amide bonds. The Morgan fingerprint density at radius 3 is 2.54 bits per heavy atom. The Morgan fingerprint density at radius 2 is 1.89 bits per heavy atom. The number of piperidine rings is 1. The fraction of sp³-hybridized carbons (Fsp3) is 0.905. The summed E-state index contributed by atoms with van der Waals surface area (Å²) in [6.45, 7) is 2.19. The lowest BCUT2D eigenvalue weighted by atomic mass is 9.73. The van der Waals surface area contributed by atoms with Crippen LogP contribution in [0.2, 0.25) is 0 Å². The normalized spacial score (nSPS) is 39.9. The first kappa shape index (κ1) is 22.2. The molecule has 2 saturated carbocycles. The monoisotopic (exact) mass is 430 g/mol. The molecule has 5 nitrogen and oxygen atoms in total. The van der Waals surface area contributed by atoms with Crippen molar-refractivity contribution < 1.29 is 14.3 Å². The standard InChI is InChI=1S/C21H32Cl2N2O3/c1-2-27-21(26)16-10-14(12-24)20(25-19(16)13-6-4-3-5-7-13)28-18-9-8-15(22)11-17(18)23/h13-20,25H,2-11H2,1H3. The van der Waals surface area contributed by atoms with Crippen molar-refractivity contribution in [3.63, 3.8) is 0 Å². The van der Waals surface area contributed by atoms with E-state index in [9.17, 15) is 10.1 Å². The van der Waals surface area contributed by atoms with Crippen molar-refractivity contribution in [1.29, 1.82) is 5.26 Å². The van der Waals surface area contributed by atoms with Crippen LogP contribution in [0.25, 0.3) is 0 Å². The number of hydrogen-bond acceptors (Lipinski definition) is 5. The molecule has 1 aliphatic heterocycles. The number of rotatable bonds is 5. The summed E-state index contributed by atoms with van der Waals surface area (Å²) in [6.07, 6.45) is 8.19. The van der Waals surface area contributed by atoms with E-state index in [1.54, 1.807) is 0 Å². The molecule has 3 rings (SSSR count). The Hall–Kier alpha value is -0.540. The van der Waals surface area contributed by atoms with Crippen molar-refractivity contribution in [3.8, 4) is 6.07 Å². The molecule has 3 aliphatic rings. The number of nitrogens with zero attached hydrogens (tertiary/aromatic N) is 1. The topological polar surface area (TPSA) is 71.4 Å². The highest BCUT2D eigenvalue weighted by atomic mass is 35.5. The molecule has 7 heteroatoms. The average Bonchev–Trinajstić information content (AvgIpc) is 2.70. The number of ether oxygens (including phenoxy) is 2. The van der Waals surface area contributed by atoms with Gasteiger partial charge in [-0.25, -0.2) is 0 Å². The Labute approximate surface area is 178 Å². The van der Waals surface area contributed by atoms with Gasteiger partial charge in [-0.1, -0.05) is 19.3 Å². The van der Waals surface area contributed by atoms with E-state index < -0.39 is 12.1 Å². The Bertz CT molecular complexity index is 564. The largest absolute Gasteiger partial charge is 0.466 e. The molecule has 1 saturated heterocycles. The van der Waals surface area contributed by atoms with Crippen molar-refractivity contribution in [2.75, 3.05) is 6.61 Å². The van der Waals surface area contributed by atoms with E-state index in [1.165, 1.54) is 19.3 Å². The number of nitrogens with one attached hydrogen (secondary N) is 1. The molecule has 0 aromatic carbocycles. The maximum atomic E-state index is 12.6. The van der Waals surface area contributed by atoms with Crippen molar-refractivity contribution in [2.24, 2.45) is 17.8 Å². The predicted octanol–water partition coefficient (Wildman–Crippen LogP) is 4.36. The summed E-state index contributed by atoms with van der Waals surface area (Å²) in [5.41, 5.74) is 0. The molecule has 0 spiro atoms. The SMILES string of the molecule is CCOC(=O)C1CC(C#N)C(OC2CCC(Cl)CC2Cl)NC1C1CCCCC1. The zero-order valence-electron chi connectivity index (χ0n) is 16.6. The second kappa shape index (κ2) is 10.5. The van der Waals surface area contributed by atoms with Crippen molar-refractivity contribution in [3.05, 3.63) is 0 Å². The minimum Gasteiger partial charge on any atom is -0.466 e. The third-order valence-corrected chi connectivity index (χ3v) is 7.40. The van der Waals surface area contributed by atoms with E-state index in [-0.39, 0.29) is 34.8 Å². The predicted molar refractivity (Wildman–Crippen MR) is 109 cm³/mol. The molecule has 28 heavy (non-hydrogen) atoms. The zero-order valence-corrected chi connectivity index (χ0v) is 18.1. The van der Waals surface area contributed by atoms with E-state index in [0.717, 1.165) is 32.1 Å². The summed E-state index contributed by atoms with van der Waals surface area (Å²) in [4.78, 5) is 12.6. The Morgan fingerprint density at radius 1 is 1.14 bits per heavy atom. The second-order valence-corrected chi connectivity index (χ2v) is 9.62. The van der Waals surface area contributed by atoms with Crippen LogP contribution in [0.1, 0.15) is 64.7 Å². The summed E-state index contributed by atoms with van der Waals surface area (Å²) >= 11 is 12.7. The highest BCUT2D eigenvalue weighted by molar-refractivity contribution is 6.24. The maximum Gasteiger partial charge on any atom is 0.310 e. The Balaban J connectivity index is 1.73. The number of hydrogen-bond donors (Lipinski definition) is 1. The van der Waals surface area contributed by atoms with Crippen LogP contribution >= 0.6 is 23.2 Å². The fourth-order valence-electron chi connectivity index (χ4n) is 5.05. The van der Waals surface area contributed by atoms with Gasteiger partial charge in [0, 0.05) is 11.4 Å². The molecule has 158 valence electrons. The van der Waals surface area contributed by atoms with Gasteiger partial charge in [0.15, 0.2) is 0 Å². The van der Waals surface area contributed by atoms with Gasteiger partial charge < -0.3 is 9.47 Å². The highest BCUT2D eigenvalue weighted by Crippen LogP contribution is 2.38. The van der Waals surface area contributed by atoms with Gasteiger partial charge >= 0.3 is 5.97 Å². The smallest absolute Gasteiger partial charge is 0.310 e. The Kier molecular flexibility index (Phi) is 8.29. The number of carbonyl (C=O) groups is 1. The fourth-order valence-corrected chi connectivity index (χ4v) is 5.86. The van der Waals surface area contributed by atoms with Crippen LogP contribution < -0.4 is 5.32 Å². The van der Waals surface area contributed by atoms with E-state index >= 15 is 0 Å². The van der Waals surface area contributed by atoms with E-state index in [1.807, 2.05) is 6.92 Å². The first-order valence-corrected chi connectivity index (χ1v) is 11.7. The number of alkyl halides is 2. The van der Waals surface area contributed by atoms with E-state index in [0.29, 0.717) is 18.9 Å². The lowest BCUT2D eigenvalue weighted by molar-refractivity contribution is -0.157. The first-order chi connectivity index (χ1) is 13.5. The summed E-state index contributed by atoms with van der Waals surface area (Å²) in [7, 11) is 0. The third-order valence-electron chi connectivity index (χ3n) is 6.55. The molecule has 3 fully saturated rings. The van der Waals surface area contributed by atoms with Crippen LogP contribution in [-0.4, -0.2) is 41.7 Å². The minimum absolute atomic E-state index is 0.00732. The van der Waals surface area contributed by atoms with Crippen LogP contribution in [-0.2, 0) is 14.3 Å². The maximum absolute atomic E-state index is 12.6.